The third-order valence-electron chi connectivity index (χ3n) is 7.33. The van der Waals surface area contributed by atoms with Gasteiger partial charge in [0, 0.05) is 28.6 Å². The second-order valence-electron chi connectivity index (χ2n) is 10.0. The van der Waals surface area contributed by atoms with E-state index in [1.54, 1.807) is 16.2 Å². The highest BCUT2D eigenvalue weighted by Crippen LogP contribution is 2.55. The lowest BCUT2D eigenvalue weighted by Gasteiger charge is -2.56. The van der Waals surface area contributed by atoms with E-state index in [-0.39, 0.29) is 17.4 Å². The molecule has 0 saturated heterocycles. The van der Waals surface area contributed by atoms with E-state index < -0.39 is 0 Å². The van der Waals surface area contributed by atoms with Crippen LogP contribution in [0.25, 0.3) is 0 Å². The van der Waals surface area contributed by atoms with Crippen LogP contribution in [0, 0.1) is 24.7 Å². The van der Waals surface area contributed by atoms with Crippen molar-refractivity contribution < 1.29 is 9.59 Å². The van der Waals surface area contributed by atoms with Crippen LogP contribution in [0.2, 0.25) is 0 Å². The Bertz CT molecular complexity index is 983. The van der Waals surface area contributed by atoms with Crippen LogP contribution in [0.15, 0.2) is 35.4 Å². The molecule has 6 rings (SSSR count). The van der Waals surface area contributed by atoms with Gasteiger partial charge in [0.25, 0.3) is 5.91 Å². The molecule has 1 aromatic carbocycles. The maximum absolute atomic E-state index is 13.1. The summed E-state index contributed by atoms with van der Waals surface area (Å²) in [6, 6.07) is 7.62. The van der Waals surface area contributed by atoms with Crippen LogP contribution in [0.3, 0.4) is 0 Å². The van der Waals surface area contributed by atoms with Crippen molar-refractivity contribution in [2.45, 2.75) is 62.4 Å². The van der Waals surface area contributed by atoms with Gasteiger partial charge in [-0.25, -0.2) is 4.98 Å². The summed E-state index contributed by atoms with van der Waals surface area (Å²) in [5, 5.41) is 4.44. The fourth-order valence-corrected chi connectivity index (χ4v) is 8.19. The SMILES string of the molecule is Cc1ncc(CN(C)C(=O)c2ccccc2SCC(=O)NC23CC4CC(CC(C4)C2)C3)s1. The standard InChI is InChI=1S/C25H31N3O2S2/c1-16-26-13-20(32-16)14-28(2)24(30)21-5-3-4-6-22(21)31-15-23(29)27-25-10-17-7-18(11-25)9-19(8-17)12-25/h3-6,13,17-19H,7-12,14-15H2,1-2H3,(H,27,29). The molecule has 4 bridgehead atoms. The number of thiazole rings is 1. The zero-order valence-corrected chi connectivity index (χ0v) is 20.4. The monoisotopic (exact) mass is 469 g/mol. The van der Waals surface area contributed by atoms with Crippen LogP contribution in [0.4, 0.5) is 0 Å². The van der Waals surface area contributed by atoms with E-state index in [2.05, 4.69) is 10.3 Å². The first-order valence-corrected chi connectivity index (χ1v) is 13.4. The predicted octanol–water partition coefficient (Wildman–Crippen LogP) is 4.90. The fraction of sp³-hybridized carbons (Fsp3) is 0.560. The predicted molar refractivity (Wildman–Crippen MR) is 129 cm³/mol. The number of benzene rings is 1. The summed E-state index contributed by atoms with van der Waals surface area (Å²) in [5.74, 6) is 2.86. The van der Waals surface area contributed by atoms with E-state index in [9.17, 15) is 9.59 Å². The molecule has 2 aromatic rings. The minimum Gasteiger partial charge on any atom is -0.350 e. The van der Waals surface area contributed by atoms with Crippen LogP contribution >= 0.6 is 23.1 Å². The molecule has 5 nitrogen and oxygen atoms in total. The van der Waals surface area contributed by atoms with Gasteiger partial charge in [-0.3, -0.25) is 9.59 Å². The Balaban J connectivity index is 1.21. The molecule has 170 valence electrons. The van der Waals surface area contributed by atoms with E-state index >= 15 is 0 Å². The number of nitrogens with one attached hydrogen (secondary N) is 1. The van der Waals surface area contributed by atoms with Crippen LogP contribution in [-0.4, -0.2) is 40.0 Å². The highest BCUT2D eigenvalue weighted by atomic mass is 32.2. The third kappa shape index (κ3) is 4.60. The first-order chi connectivity index (χ1) is 15.4. The van der Waals surface area contributed by atoms with Crippen molar-refractivity contribution in [1.29, 1.82) is 0 Å². The molecule has 1 N–H and O–H groups in total. The molecule has 32 heavy (non-hydrogen) atoms. The topological polar surface area (TPSA) is 62.3 Å². The molecule has 0 radical (unpaired) electrons. The number of rotatable bonds is 7. The summed E-state index contributed by atoms with van der Waals surface area (Å²) < 4.78 is 0. The van der Waals surface area contributed by atoms with Gasteiger partial charge < -0.3 is 10.2 Å². The summed E-state index contributed by atoms with van der Waals surface area (Å²) in [4.78, 5) is 34.0. The van der Waals surface area contributed by atoms with Crippen molar-refractivity contribution in [3.8, 4) is 0 Å². The minimum atomic E-state index is -0.0272. The summed E-state index contributed by atoms with van der Waals surface area (Å²) in [6.07, 6.45) is 9.42. The van der Waals surface area contributed by atoms with Gasteiger partial charge in [-0.2, -0.15) is 0 Å². The van der Waals surface area contributed by atoms with Crippen LogP contribution in [0.5, 0.6) is 0 Å². The number of carbonyl (C=O) groups is 2. The number of hydrogen-bond acceptors (Lipinski definition) is 5. The first-order valence-electron chi connectivity index (χ1n) is 11.6. The van der Waals surface area contributed by atoms with Gasteiger partial charge >= 0.3 is 0 Å². The van der Waals surface area contributed by atoms with E-state index in [0.717, 1.165) is 51.8 Å². The van der Waals surface area contributed by atoms with Gasteiger partial charge in [-0.1, -0.05) is 12.1 Å². The van der Waals surface area contributed by atoms with Crippen molar-refractivity contribution in [3.05, 3.63) is 45.9 Å². The normalized spacial score (nSPS) is 28.0. The van der Waals surface area contributed by atoms with Crippen molar-refractivity contribution in [1.82, 2.24) is 15.2 Å². The van der Waals surface area contributed by atoms with Gasteiger partial charge in [0.15, 0.2) is 0 Å². The average molecular weight is 470 g/mol. The zero-order valence-electron chi connectivity index (χ0n) is 18.8. The van der Waals surface area contributed by atoms with Gasteiger partial charge in [0.05, 0.1) is 22.9 Å². The third-order valence-corrected chi connectivity index (χ3v) is 9.30. The number of aryl methyl sites for hydroxylation is 1. The van der Waals surface area contributed by atoms with E-state index in [0.29, 0.717) is 17.9 Å². The first kappa shape index (κ1) is 22.0. The van der Waals surface area contributed by atoms with Crippen molar-refractivity contribution in [2.24, 2.45) is 17.8 Å². The summed E-state index contributed by atoms with van der Waals surface area (Å²) in [6.45, 7) is 2.51. The van der Waals surface area contributed by atoms with Crippen LogP contribution < -0.4 is 5.32 Å². The molecule has 0 aliphatic heterocycles. The van der Waals surface area contributed by atoms with E-state index in [1.165, 1.54) is 31.0 Å². The maximum atomic E-state index is 13.1. The van der Waals surface area contributed by atoms with Crippen LogP contribution in [-0.2, 0) is 11.3 Å². The van der Waals surface area contributed by atoms with Crippen molar-refractivity contribution >= 4 is 34.9 Å². The number of hydrogen-bond donors (Lipinski definition) is 1. The van der Waals surface area contributed by atoms with Gasteiger partial charge in [0.2, 0.25) is 5.91 Å². The summed E-state index contributed by atoms with van der Waals surface area (Å²) in [5.41, 5.74) is 0.693. The van der Waals surface area contributed by atoms with Gasteiger partial charge in [0.1, 0.15) is 0 Å². The smallest absolute Gasteiger partial charge is 0.255 e. The molecule has 4 saturated carbocycles. The quantitative estimate of drug-likeness (QED) is 0.586. The highest BCUT2D eigenvalue weighted by molar-refractivity contribution is 8.00. The largest absolute Gasteiger partial charge is 0.350 e. The molecule has 2 amide bonds. The van der Waals surface area contributed by atoms with E-state index in [4.69, 9.17) is 0 Å². The Hall–Kier alpha value is -1.86. The molecule has 4 fully saturated rings. The molecular weight excluding hydrogens is 438 g/mol. The Morgan fingerprint density at radius 2 is 1.81 bits per heavy atom. The molecular formula is C25H31N3O2S2. The molecule has 1 aromatic heterocycles. The Morgan fingerprint density at radius 3 is 2.44 bits per heavy atom. The fourth-order valence-electron chi connectivity index (χ4n) is 6.50. The second kappa shape index (κ2) is 8.82. The Labute approximate surface area is 198 Å². The molecule has 0 spiro atoms. The number of carbonyl (C=O) groups excluding carboxylic acids is 2. The molecule has 0 unspecified atom stereocenters. The van der Waals surface area contributed by atoms with Crippen LogP contribution in [0.1, 0.15) is 58.8 Å². The summed E-state index contributed by atoms with van der Waals surface area (Å²) >= 11 is 3.08. The zero-order chi connectivity index (χ0) is 22.3. The van der Waals surface area contributed by atoms with Gasteiger partial charge in [-0.05, 0) is 75.3 Å². The second-order valence-corrected chi connectivity index (χ2v) is 12.4. The number of nitrogens with zero attached hydrogens (tertiary/aromatic N) is 2. The lowest BCUT2D eigenvalue weighted by molar-refractivity contribution is -0.124. The Morgan fingerprint density at radius 1 is 1.16 bits per heavy atom. The highest BCUT2D eigenvalue weighted by Gasteiger charge is 2.51. The summed E-state index contributed by atoms with van der Waals surface area (Å²) in [7, 11) is 1.82. The molecule has 4 aliphatic carbocycles. The lowest BCUT2D eigenvalue weighted by atomic mass is 9.53. The average Bonchev–Trinajstić information content (AvgIpc) is 3.15. The number of aromatic nitrogens is 1. The van der Waals surface area contributed by atoms with Crippen molar-refractivity contribution in [2.75, 3.05) is 12.8 Å². The lowest BCUT2D eigenvalue weighted by Crippen LogP contribution is -2.60. The maximum Gasteiger partial charge on any atom is 0.255 e. The molecule has 4 aliphatic rings. The number of thioether (sulfide) groups is 1. The molecule has 1 heterocycles. The molecule has 7 heteroatoms. The Kier molecular flexibility index (Phi) is 6.05. The van der Waals surface area contributed by atoms with Gasteiger partial charge in [-0.15, -0.1) is 23.1 Å². The van der Waals surface area contributed by atoms with Crippen molar-refractivity contribution in [3.63, 3.8) is 0 Å². The molecule has 0 atom stereocenters. The minimum absolute atomic E-state index is 0.0272. The van der Waals surface area contributed by atoms with E-state index in [1.807, 2.05) is 44.4 Å². The number of amides is 2.